The topological polar surface area (TPSA) is 64.1 Å². The van der Waals surface area contributed by atoms with Gasteiger partial charge in [0.2, 0.25) is 0 Å². The van der Waals surface area contributed by atoms with Gasteiger partial charge in [-0.3, -0.25) is 0 Å². The van der Waals surface area contributed by atoms with Crippen molar-refractivity contribution in [3.05, 3.63) is 18.2 Å². The van der Waals surface area contributed by atoms with E-state index in [-0.39, 0.29) is 5.41 Å². The number of rotatable bonds is 4. The maximum absolute atomic E-state index is 10.8. The lowest BCUT2D eigenvalue weighted by molar-refractivity contribution is -0.00446. The van der Waals surface area contributed by atoms with Crippen molar-refractivity contribution in [3.63, 3.8) is 0 Å². The quantitative estimate of drug-likeness (QED) is 0.859. The SMILES string of the molecule is NCC1(C(O)c2cncn2C2CC2)CCCCC1. The van der Waals surface area contributed by atoms with E-state index in [4.69, 9.17) is 5.73 Å². The first-order valence-corrected chi connectivity index (χ1v) is 7.17. The van der Waals surface area contributed by atoms with Gasteiger partial charge in [0.05, 0.1) is 18.2 Å². The summed E-state index contributed by atoms with van der Waals surface area (Å²) in [6.07, 6.45) is 11.4. The van der Waals surface area contributed by atoms with Crippen molar-refractivity contribution in [2.24, 2.45) is 11.1 Å². The van der Waals surface area contributed by atoms with E-state index in [1.807, 2.05) is 12.5 Å². The van der Waals surface area contributed by atoms with Crippen molar-refractivity contribution in [1.82, 2.24) is 9.55 Å². The molecule has 2 saturated carbocycles. The van der Waals surface area contributed by atoms with Crippen LogP contribution in [-0.2, 0) is 0 Å². The van der Waals surface area contributed by atoms with Gasteiger partial charge in [-0.15, -0.1) is 0 Å². The highest BCUT2D eigenvalue weighted by atomic mass is 16.3. The maximum Gasteiger partial charge on any atom is 0.102 e. The number of aliphatic hydroxyl groups is 1. The second kappa shape index (κ2) is 4.67. The molecule has 1 atom stereocenters. The van der Waals surface area contributed by atoms with Crippen LogP contribution in [0.15, 0.2) is 12.5 Å². The zero-order valence-corrected chi connectivity index (χ0v) is 10.9. The molecule has 3 N–H and O–H groups in total. The molecule has 4 heteroatoms. The molecule has 1 aromatic rings. The third-order valence-electron chi connectivity index (χ3n) is 4.75. The summed E-state index contributed by atoms with van der Waals surface area (Å²) in [6.45, 7) is 0.573. The van der Waals surface area contributed by atoms with Crippen molar-refractivity contribution >= 4 is 0 Å². The Morgan fingerprint density at radius 2 is 2.11 bits per heavy atom. The van der Waals surface area contributed by atoms with E-state index in [0.717, 1.165) is 18.5 Å². The Labute approximate surface area is 108 Å². The van der Waals surface area contributed by atoms with E-state index in [0.29, 0.717) is 12.6 Å². The lowest BCUT2D eigenvalue weighted by atomic mass is 9.69. The third kappa shape index (κ3) is 1.97. The number of hydrogen-bond acceptors (Lipinski definition) is 3. The molecule has 1 heterocycles. The summed E-state index contributed by atoms with van der Waals surface area (Å²) >= 11 is 0. The third-order valence-corrected chi connectivity index (χ3v) is 4.75. The van der Waals surface area contributed by atoms with Gasteiger partial charge in [-0.25, -0.2) is 4.98 Å². The van der Waals surface area contributed by atoms with E-state index >= 15 is 0 Å². The Bertz CT molecular complexity index is 405. The molecule has 4 nitrogen and oxygen atoms in total. The second-order valence-corrected chi connectivity index (χ2v) is 5.99. The monoisotopic (exact) mass is 249 g/mol. The van der Waals surface area contributed by atoms with Crippen molar-refractivity contribution in [2.75, 3.05) is 6.54 Å². The maximum atomic E-state index is 10.8. The highest BCUT2D eigenvalue weighted by Crippen LogP contribution is 2.47. The molecule has 18 heavy (non-hydrogen) atoms. The van der Waals surface area contributed by atoms with E-state index in [1.54, 1.807) is 0 Å². The molecular formula is C14H23N3O. The summed E-state index contributed by atoms with van der Waals surface area (Å²) < 4.78 is 2.16. The van der Waals surface area contributed by atoms with Crippen molar-refractivity contribution in [2.45, 2.75) is 57.1 Å². The van der Waals surface area contributed by atoms with Crippen LogP contribution in [0.25, 0.3) is 0 Å². The predicted octanol–water partition coefficient (Wildman–Crippen LogP) is 2.16. The molecule has 3 rings (SSSR count). The van der Waals surface area contributed by atoms with Gasteiger partial charge < -0.3 is 15.4 Å². The molecule has 0 aromatic carbocycles. The molecule has 0 bridgehead atoms. The molecule has 0 radical (unpaired) electrons. The fourth-order valence-electron chi connectivity index (χ4n) is 3.34. The fraction of sp³-hybridized carbons (Fsp3) is 0.786. The minimum Gasteiger partial charge on any atom is -0.386 e. The predicted molar refractivity (Wildman–Crippen MR) is 70.0 cm³/mol. The minimum atomic E-state index is -0.453. The molecule has 0 spiro atoms. The number of aliphatic hydroxyl groups excluding tert-OH is 1. The lowest BCUT2D eigenvalue weighted by Gasteiger charge is -2.40. The number of nitrogens with two attached hydrogens (primary N) is 1. The van der Waals surface area contributed by atoms with E-state index in [2.05, 4.69) is 9.55 Å². The van der Waals surface area contributed by atoms with Gasteiger partial charge in [-0.1, -0.05) is 19.3 Å². The number of aromatic nitrogens is 2. The zero-order chi connectivity index (χ0) is 12.6. The van der Waals surface area contributed by atoms with Crippen LogP contribution < -0.4 is 5.73 Å². The Hall–Kier alpha value is -0.870. The van der Waals surface area contributed by atoms with Crippen LogP contribution in [-0.4, -0.2) is 21.2 Å². The van der Waals surface area contributed by atoms with Gasteiger partial charge >= 0.3 is 0 Å². The molecule has 1 aromatic heterocycles. The minimum absolute atomic E-state index is 0.120. The standard InChI is InChI=1S/C14H23N3O/c15-9-14(6-2-1-3-7-14)13(18)12-8-16-10-17(12)11-4-5-11/h8,10-11,13,18H,1-7,9,15H2. The highest BCUT2D eigenvalue weighted by molar-refractivity contribution is 5.12. The van der Waals surface area contributed by atoms with E-state index in [1.165, 1.54) is 32.1 Å². The second-order valence-electron chi connectivity index (χ2n) is 5.99. The number of hydrogen-bond donors (Lipinski definition) is 2. The van der Waals surface area contributed by atoms with Crippen LogP contribution in [0.1, 0.15) is 62.8 Å². The fourth-order valence-corrected chi connectivity index (χ4v) is 3.34. The summed E-state index contributed by atoms with van der Waals surface area (Å²) in [6, 6.07) is 0.565. The van der Waals surface area contributed by atoms with Gasteiger partial charge in [0.25, 0.3) is 0 Å². The molecular weight excluding hydrogens is 226 g/mol. The van der Waals surface area contributed by atoms with Crippen LogP contribution in [0.4, 0.5) is 0 Å². The first-order valence-electron chi connectivity index (χ1n) is 7.17. The first-order chi connectivity index (χ1) is 8.77. The van der Waals surface area contributed by atoms with Gasteiger partial charge in [-0.05, 0) is 25.7 Å². The summed E-state index contributed by atoms with van der Waals surface area (Å²) in [5.41, 5.74) is 6.85. The number of nitrogens with zero attached hydrogens (tertiary/aromatic N) is 2. The first kappa shape index (κ1) is 12.2. The van der Waals surface area contributed by atoms with Crippen LogP contribution >= 0.6 is 0 Å². The van der Waals surface area contributed by atoms with Gasteiger partial charge in [0.1, 0.15) is 6.10 Å². The summed E-state index contributed by atoms with van der Waals surface area (Å²) in [7, 11) is 0. The molecule has 2 fully saturated rings. The molecule has 2 aliphatic carbocycles. The molecule has 0 saturated heterocycles. The lowest BCUT2D eigenvalue weighted by Crippen LogP contribution is -2.39. The van der Waals surface area contributed by atoms with Crippen LogP contribution in [0.5, 0.6) is 0 Å². The average molecular weight is 249 g/mol. The Morgan fingerprint density at radius 3 is 2.72 bits per heavy atom. The largest absolute Gasteiger partial charge is 0.386 e. The number of imidazole rings is 1. The Morgan fingerprint density at radius 1 is 1.39 bits per heavy atom. The molecule has 0 aliphatic heterocycles. The van der Waals surface area contributed by atoms with E-state index in [9.17, 15) is 5.11 Å². The summed E-state index contributed by atoms with van der Waals surface area (Å²) in [5, 5.41) is 10.8. The van der Waals surface area contributed by atoms with Gasteiger partial charge in [0, 0.05) is 18.0 Å². The summed E-state index contributed by atoms with van der Waals surface area (Å²) in [5.74, 6) is 0. The Kier molecular flexibility index (Phi) is 3.16. The average Bonchev–Trinajstić information content (AvgIpc) is 3.16. The molecule has 1 unspecified atom stereocenters. The normalized spacial score (nSPS) is 25.0. The van der Waals surface area contributed by atoms with Gasteiger partial charge in [0.15, 0.2) is 0 Å². The zero-order valence-electron chi connectivity index (χ0n) is 10.9. The smallest absolute Gasteiger partial charge is 0.102 e. The Balaban J connectivity index is 1.87. The highest BCUT2D eigenvalue weighted by Gasteiger charge is 2.41. The van der Waals surface area contributed by atoms with Crippen LogP contribution in [0.2, 0.25) is 0 Å². The molecule has 100 valence electrons. The van der Waals surface area contributed by atoms with Crippen LogP contribution in [0, 0.1) is 5.41 Å². The molecule has 2 aliphatic rings. The van der Waals surface area contributed by atoms with Crippen molar-refractivity contribution < 1.29 is 5.11 Å². The van der Waals surface area contributed by atoms with Crippen molar-refractivity contribution in [3.8, 4) is 0 Å². The van der Waals surface area contributed by atoms with Crippen molar-refractivity contribution in [1.29, 1.82) is 0 Å². The van der Waals surface area contributed by atoms with Gasteiger partial charge in [-0.2, -0.15) is 0 Å². The van der Waals surface area contributed by atoms with E-state index < -0.39 is 6.10 Å². The summed E-state index contributed by atoms with van der Waals surface area (Å²) in [4.78, 5) is 4.23. The van der Waals surface area contributed by atoms with Crippen LogP contribution in [0.3, 0.4) is 0 Å². The molecule has 0 amide bonds.